The first kappa shape index (κ1) is 19.7. The van der Waals surface area contributed by atoms with Gasteiger partial charge in [-0.05, 0) is 31.5 Å². The van der Waals surface area contributed by atoms with Crippen molar-refractivity contribution in [2.24, 2.45) is 0 Å². The highest BCUT2D eigenvalue weighted by atomic mass is 19.4. The highest BCUT2D eigenvalue weighted by molar-refractivity contribution is 5.99. The topological polar surface area (TPSA) is 64.1 Å². The van der Waals surface area contributed by atoms with E-state index in [-0.39, 0.29) is 17.7 Å². The summed E-state index contributed by atoms with van der Waals surface area (Å²) in [6.45, 7) is 1.26. The number of fused-ring (bicyclic) bond motifs is 1. The molecule has 1 aromatic carbocycles. The third kappa shape index (κ3) is 4.27. The number of para-hydroxylation sites is 1. The summed E-state index contributed by atoms with van der Waals surface area (Å²) in [5, 5.41) is 0.890. The fourth-order valence-electron chi connectivity index (χ4n) is 3.21. The van der Waals surface area contributed by atoms with E-state index in [1.54, 1.807) is 6.20 Å². The molecule has 0 aliphatic heterocycles. The van der Waals surface area contributed by atoms with Crippen LogP contribution in [0.5, 0.6) is 0 Å². The molecule has 0 unspecified atom stereocenters. The van der Waals surface area contributed by atoms with Crippen molar-refractivity contribution in [1.82, 2.24) is 9.55 Å². The van der Waals surface area contributed by atoms with Crippen LogP contribution in [0.2, 0.25) is 0 Å². The number of Topliss-reactive ketones (excluding diaryl/α,β-unsaturated/α-hetero) is 1. The van der Waals surface area contributed by atoms with Crippen LogP contribution in [0.4, 0.5) is 13.2 Å². The zero-order valence-electron chi connectivity index (χ0n) is 15.4. The average molecular weight is 392 g/mol. The molecule has 28 heavy (non-hydrogen) atoms. The van der Waals surface area contributed by atoms with Crippen molar-refractivity contribution in [3.63, 3.8) is 0 Å². The number of carbonyl (C=O) groups is 2. The minimum Gasteiger partial charge on any atom is -0.457 e. The van der Waals surface area contributed by atoms with Gasteiger partial charge in [-0.15, -0.1) is 0 Å². The van der Waals surface area contributed by atoms with E-state index >= 15 is 0 Å². The molecule has 0 spiro atoms. The van der Waals surface area contributed by atoms with Gasteiger partial charge in [0.2, 0.25) is 5.78 Å². The summed E-state index contributed by atoms with van der Waals surface area (Å²) < 4.78 is 44.1. The zero-order chi connectivity index (χ0) is 20.5. The van der Waals surface area contributed by atoms with Gasteiger partial charge in [0.15, 0.2) is 6.61 Å². The molecule has 8 heteroatoms. The predicted octanol–water partition coefficient (Wildman–Crippen LogP) is 4.12. The van der Waals surface area contributed by atoms with E-state index in [4.69, 9.17) is 4.74 Å². The fraction of sp³-hybridized carbons (Fsp3) is 0.300. The number of H-pyrrole nitrogens is 1. The highest BCUT2D eigenvalue weighted by Gasteiger charge is 2.30. The predicted molar refractivity (Wildman–Crippen MR) is 97.3 cm³/mol. The normalized spacial score (nSPS) is 11.8. The van der Waals surface area contributed by atoms with E-state index in [0.717, 1.165) is 21.0 Å². The molecule has 0 aliphatic rings. The van der Waals surface area contributed by atoms with E-state index in [0.29, 0.717) is 5.69 Å². The molecule has 3 rings (SSSR count). The molecule has 2 heterocycles. The maximum Gasteiger partial charge on any atom is 0.406 e. The van der Waals surface area contributed by atoms with Crippen LogP contribution in [0.15, 0.2) is 36.5 Å². The molecule has 1 N–H and O–H groups in total. The zero-order valence-corrected chi connectivity index (χ0v) is 15.4. The third-order valence-electron chi connectivity index (χ3n) is 4.59. The van der Waals surface area contributed by atoms with Crippen LogP contribution in [0.3, 0.4) is 0 Å². The molecule has 0 bridgehead atoms. The molecule has 0 aliphatic carbocycles. The SMILES string of the molecule is Cc1cc(C(=O)COC(=O)Cc2c[nH]c3ccccc23)c(C)n1CC(F)(F)F. The molecule has 5 nitrogen and oxygen atoms in total. The van der Waals surface area contributed by atoms with Crippen LogP contribution in [0.1, 0.15) is 27.3 Å². The summed E-state index contributed by atoms with van der Waals surface area (Å²) in [5.41, 5.74) is 2.28. The highest BCUT2D eigenvalue weighted by Crippen LogP contribution is 2.23. The number of hydrogen-bond acceptors (Lipinski definition) is 3. The minimum absolute atomic E-state index is 0.00953. The van der Waals surface area contributed by atoms with Gasteiger partial charge in [-0.2, -0.15) is 13.2 Å². The third-order valence-corrected chi connectivity index (χ3v) is 4.59. The van der Waals surface area contributed by atoms with Crippen LogP contribution in [0, 0.1) is 13.8 Å². The second-order valence-electron chi connectivity index (χ2n) is 6.61. The molecular weight excluding hydrogens is 373 g/mol. The first-order valence-corrected chi connectivity index (χ1v) is 8.63. The largest absolute Gasteiger partial charge is 0.457 e. The number of rotatable bonds is 6. The summed E-state index contributed by atoms with van der Waals surface area (Å²) in [5.74, 6) is -1.11. The Morgan fingerprint density at radius 3 is 2.61 bits per heavy atom. The van der Waals surface area contributed by atoms with Gasteiger partial charge in [0.1, 0.15) is 6.54 Å². The quantitative estimate of drug-likeness (QED) is 0.507. The Balaban J connectivity index is 1.64. The first-order chi connectivity index (χ1) is 13.2. The fourth-order valence-corrected chi connectivity index (χ4v) is 3.21. The Labute approximate surface area is 159 Å². The molecule has 0 atom stereocenters. The summed E-state index contributed by atoms with van der Waals surface area (Å²) in [6.07, 6.45) is -2.69. The van der Waals surface area contributed by atoms with Crippen LogP contribution in [0.25, 0.3) is 10.9 Å². The molecular formula is C20H19F3N2O3. The van der Waals surface area contributed by atoms with Crippen LogP contribution >= 0.6 is 0 Å². The molecule has 0 fully saturated rings. The smallest absolute Gasteiger partial charge is 0.406 e. The van der Waals surface area contributed by atoms with Crippen LogP contribution in [-0.2, 0) is 22.5 Å². The maximum absolute atomic E-state index is 12.7. The number of aromatic amines is 1. The van der Waals surface area contributed by atoms with Crippen molar-refractivity contribution in [2.75, 3.05) is 6.61 Å². The Morgan fingerprint density at radius 1 is 1.18 bits per heavy atom. The van der Waals surface area contributed by atoms with Gasteiger partial charge in [0.05, 0.1) is 6.42 Å². The van der Waals surface area contributed by atoms with Crippen LogP contribution < -0.4 is 0 Å². The number of nitrogens with zero attached hydrogens (tertiary/aromatic N) is 1. The number of ketones is 1. The Hall–Kier alpha value is -3.03. The number of hydrogen-bond donors (Lipinski definition) is 1. The molecule has 0 amide bonds. The molecule has 0 saturated heterocycles. The second-order valence-corrected chi connectivity index (χ2v) is 6.61. The number of aromatic nitrogens is 2. The van der Waals surface area contributed by atoms with E-state index in [2.05, 4.69) is 4.98 Å². The number of halogens is 3. The maximum atomic E-state index is 12.7. The summed E-state index contributed by atoms with van der Waals surface area (Å²) >= 11 is 0. The van der Waals surface area contributed by atoms with Gasteiger partial charge in [-0.1, -0.05) is 18.2 Å². The standard InChI is InChI=1S/C20H19F3N2O3/c1-12-7-16(13(2)25(12)11-20(21,22)23)18(26)10-28-19(27)8-14-9-24-17-6-4-3-5-15(14)17/h3-7,9,24H,8,10-11H2,1-2H3. The average Bonchev–Trinajstić information content (AvgIpc) is 3.15. The van der Waals surface area contributed by atoms with E-state index in [1.165, 1.54) is 19.9 Å². The molecule has 3 aromatic rings. The Bertz CT molecular complexity index is 1030. The summed E-state index contributed by atoms with van der Waals surface area (Å²) in [6, 6.07) is 8.86. The number of aryl methyl sites for hydroxylation is 1. The van der Waals surface area contributed by atoms with Crippen molar-refractivity contribution < 1.29 is 27.5 Å². The van der Waals surface area contributed by atoms with Crippen molar-refractivity contribution in [3.05, 3.63) is 59.0 Å². The lowest BCUT2D eigenvalue weighted by Crippen LogP contribution is -2.20. The number of nitrogens with one attached hydrogen (secondary N) is 1. The molecule has 148 valence electrons. The van der Waals surface area contributed by atoms with Gasteiger partial charge >= 0.3 is 12.1 Å². The summed E-state index contributed by atoms with van der Waals surface area (Å²) in [4.78, 5) is 27.5. The van der Waals surface area contributed by atoms with E-state index in [1.807, 2.05) is 24.3 Å². The minimum atomic E-state index is -4.39. The molecule has 0 saturated carbocycles. The van der Waals surface area contributed by atoms with E-state index < -0.39 is 31.1 Å². The van der Waals surface area contributed by atoms with Crippen molar-refractivity contribution in [2.45, 2.75) is 33.0 Å². The lowest BCUT2D eigenvalue weighted by atomic mass is 10.1. The molecule has 0 radical (unpaired) electrons. The molecule has 2 aromatic heterocycles. The van der Waals surface area contributed by atoms with Gasteiger partial charge in [-0.3, -0.25) is 9.59 Å². The van der Waals surface area contributed by atoms with Crippen molar-refractivity contribution in [3.8, 4) is 0 Å². The lowest BCUT2D eigenvalue weighted by molar-refractivity contribution is -0.142. The monoisotopic (exact) mass is 392 g/mol. The number of benzene rings is 1. The van der Waals surface area contributed by atoms with Gasteiger partial charge in [-0.25, -0.2) is 0 Å². The number of esters is 1. The van der Waals surface area contributed by atoms with Gasteiger partial charge in [0, 0.05) is 34.1 Å². The number of carbonyl (C=O) groups excluding carboxylic acids is 2. The van der Waals surface area contributed by atoms with Gasteiger partial charge < -0.3 is 14.3 Å². The summed E-state index contributed by atoms with van der Waals surface area (Å²) in [7, 11) is 0. The second kappa shape index (κ2) is 7.53. The Kier molecular flexibility index (Phi) is 5.31. The number of alkyl halides is 3. The van der Waals surface area contributed by atoms with E-state index in [9.17, 15) is 22.8 Å². The Morgan fingerprint density at radius 2 is 1.89 bits per heavy atom. The van der Waals surface area contributed by atoms with Gasteiger partial charge in [0.25, 0.3) is 0 Å². The first-order valence-electron chi connectivity index (χ1n) is 8.63. The van der Waals surface area contributed by atoms with Crippen molar-refractivity contribution in [1.29, 1.82) is 0 Å². The lowest BCUT2D eigenvalue weighted by Gasteiger charge is -2.12. The van der Waals surface area contributed by atoms with Crippen molar-refractivity contribution >= 4 is 22.7 Å². The number of ether oxygens (including phenoxy) is 1. The van der Waals surface area contributed by atoms with Crippen LogP contribution in [-0.4, -0.2) is 34.1 Å².